The molecule has 7 nitrogen and oxygen atoms in total. The minimum atomic E-state index is -3.00. The number of carboxylic acids is 1. The van der Waals surface area contributed by atoms with E-state index in [9.17, 15) is 23.1 Å². The molecule has 0 radical (unpaired) electrons. The van der Waals surface area contributed by atoms with Crippen molar-refractivity contribution < 1.29 is 23.1 Å². The number of amides is 1. The molecule has 2 aromatic rings. The first kappa shape index (κ1) is 29.4. The van der Waals surface area contributed by atoms with E-state index in [2.05, 4.69) is 10.6 Å². The van der Waals surface area contributed by atoms with Crippen LogP contribution in [0.1, 0.15) is 54.4 Å². The van der Waals surface area contributed by atoms with Crippen molar-refractivity contribution in [2.75, 3.05) is 17.3 Å². The maximum Gasteiger partial charge on any atom is 0.326 e. The predicted octanol–water partition coefficient (Wildman–Crippen LogP) is 5.54. The molecule has 37 heavy (non-hydrogen) atoms. The number of benzene rings is 2. The number of anilines is 1. The number of hydrogen-bond donors (Lipinski definition) is 3. The first-order valence-corrected chi connectivity index (χ1v) is 15.2. The second-order valence-corrected chi connectivity index (χ2v) is 13.0. The van der Waals surface area contributed by atoms with Gasteiger partial charge < -0.3 is 15.7 Å². The van der Waals surface area contributed by atoms with Gasteiger partial charge in [0.05, 0.1) is 20.6 Å². The van der Waals surface area contributed by atoms with E-state index in [4.69, 9.17) is 35.4 Å². The molecule has 0 aromatic heterocycles. The van der Waals surface area contributed by atoms with Crippen LogP contribution in [0, 0.1) is 5.41 Å². The quantitative estimate of drug-likeness (QED) is 0.221. The summed E-state index contributed by atoms with van der Waals surface area (Å²) in [6.45, 7) is 0. The molecule has 1 amide bonds. The molecule has 3 rings (SSSR count). The van der Waals surface area contributed by atoms with Gasteiger partial charge in [0.25, 0.3) is 5.91 Å². The number of aliphatic carboxylic acids is 1. The van der Waals surface area contributed by atoms with Crippen LogP contribution in [0.3, 0.4) is 0 Å². The highest BCUT2D eigenvalue weighted by atomic mass is 35.5. The van der Waals surface area contributed by atoms with Crippen LogP contribution in [-0.2, 0) is 21.1 Å². The summed E-state index contributed by atoms with van der Waals surface area (Å²) in [5.41, 5.74) is 1.18. The highest BCUT2D eigenvalue weighted by molar-refractivity contribution is 7.90. The number of carbonyl (C=O) groups excluding carboxylic acids is 1. The number of rotatable bonds is 12. The lowest BCUT2D eigenvalue weighted by atomic mass is 9.65. The van der Waals surface area contributed by atoms with E-state index in [1.165, 1.54) is 6.26 Å². The Hall–Kier alpha value is -2.20. The van der Waals surface area contributed by atoms with E-state index in [1.54, 1.807) is 42.5 Å². The molecule has 1 aliphatic rings. The van der Waals surface area contributed by atoms with E-state index in [0.717, 1.165) is 37.7 Å². The SMILES string of the molecule is CS(=O)(=O)CCCCC1(C(=S)N[C@@H](Cc2ccc(NC(=O)c3c(Cl)cccc3Cl)cc2)C(=O)O)CCC1. The summed E-state index contributed by atoms with van der Waals surface area (Å²) in [7, 11) is -3.00. The summed E-state index contributed by atoms with van der Waals surface area (Å²) in [6.07, 6.45) is 6.20. The smallest absolute Gasteiger partial charge is 0.326 e. The van der Waals surface area contributed by atoms with E-state index in [1.807, 2.05) is 0 Å². The molecule has 1 fully saturated rings. The lowest BCUT2D eigenvalue weighted by Crippen LogP contribution is -2.51. The second kappa shape index (κ2) is 12.6. The number of halogens is 2. The molecule has 0 spiro atoms. The minimum absolute atomic E-state index is 0.142. The summed E-state index contributed by atoms with van der Waals surface area (Å²) < 4.78 is 22.8. The number of nitrogens with one attached hydrogen (secondary N) is 2. The van der Waals surface area contributed by atoms with Gasteiger partial charge in [0.15, 0.2) is 0 Å². The summed E-state index contributed by atoms with van der Waals surface area (Å²) in [5.74, 6) is -1.32. The number of hydrogen-bond acceptors (Lipinski definition) is 5. The molecule has 200 valence electrons. The molecule has 1 saturated carbocycles. The second-order valence-electron chi connectivity index (χ2n) is 9.54. The van der Waals surface area contributed by atoms with E-state index in [0.29, 0.717) is 17.1 Å². The molecule has 1 aliphatic carbocycles. The molecule has 0 unspecified atom stereocenters. The molecular weight excluding hydrogens is 555 g/mol. The third-order valence-corrected chi connectivity index (χ3v) is 8.87. The molecular formula is C26H30Cl2N2O5S2. The van der Waals surface area contributed by atoms with Gasteiger partial charge in [-0.25, -0.2) is 13.2 Å². The van der Waals surface area contributed by atoms with Crippen LogP contribution < -0.4 is 10.6 Å². The van der Waals surface area contributed by atoms with Crippen molar-refractivity contribution >= 4 is 67.8 Å². The summed E-state index contributed by atoms with van der Waals surface area (Å²) in [5, 5.41) is 16.1. The van der Waals surface area contributed by atoms with Gasteiger partial charge in [-0.3, -0.25) is 4.79 Å². The van der Waals surface area contributed by atoms with Crippen molar-refractivity contribution in [3.8, 4) is 0 Å². The summed E-state index contributed by atoms with van der Waals surface area (Å²) in [6, 6.07) is 10.8. The van der Waals surface area contributed by atoms with Crippen molar-refractivity contribution in [3.05, 3.63) is 63.6 Å². The molecule has 2 aromatic carbocycles. The van der Waals surface area contributed by atoms with Crippen LogP contribution >= 0.6 is 35.4 Å². The van der Waals surface area contributed by atoms with Crippen LogP contribution in [0.5, 0.6) is 0 Å². The van der Waals surface area contributed by atoms with Crippen LogP contribution in [-0.4, -0.2) is 48.4 Å². The Kier molecular flexibility index (Phi) is 9.97. The van der Waals surface area contributed by atoms with E-state index >= 15 is 0 Å². The Morgan fingerprint density at radius 2 is 1.70 bits per heavy atom. The number of unbranched alkanes of at least 4 members (excludes halogenated alkanes) is 1. The van der Waals surface area contributed by atoms with Crippen LogP contribution in [0.25, 0.3) is 0 Å². The number of sulfone groups is 1. The van der Waals surface area contributed by atoms with Crippen molar-refractivity contribution in [3.63, 3.8) is 0 Å². The van der Waals surface area contributed by atoms with Crippen LogP contribution in [0.4, 0.5) is 5.69 Å². The maximum absolute atomic E-state index is 12.6. The van der Waals surface area contributed by atoms with Gasteiger partial charge in [-0.2, -0.15) is 0 Å². The number of thiocarbonyl (C=S) groups is 1. The van der Waals surface area contributed by atoms with Gasteiger partial charge in [-0.1, -0.05) is 66.5 Å². The van der Waals surface area contributed by atoms with Gasteiger partial charge >= 0.3 is 5.97 Å². The fraction of sp³-hybridized carbons (Fsp3) is 0.423. The van der Waals surface area contributed by atoms with E-state index in [-0.39, 0.29) is 33.2 Å². The van der Waals surface area contributed by atoms with Gasteiger partial charge in [0.2, 0.25) is 0 Å². The first-order valence-electron chi connectivity index (χ1n) is 12.0. The molecule has 0 heterocycles. The van der Waals surface area contributed by atoms with Crippen molar-refractivity contribution in [1.82, 2.24) is 5.32 Å². The molecule has 0 bridgehead atoms. The Bertz CT molecular complexity index is 1240. The van der Waals surface area contributed by atoms with Gasteiger partial charge in [0.1, 0.15) is 15.9 Å². The Morgan fingerprint density at radius 3 is 2.22 bits per heavy atom. The lowest BCUT2D eigenvalue weighted by Gasteiger charge is -2.43. The highest BCUT2D eigenvalue weighted by Gasteiger charge is 2.41. The van der Waals surface area contributed by atoms with E-state index < -0.39 is 27.8 Å². The third kappa shape index (κ3) is 8.14. The zero-order valence-corrected chi connectivity index (χ0v) is 23.6. The zero-order valence-electron chi connectivity index (χ0n) is 20.4. The average Bonchev–Trinajstić information content (AvgIpc) is 2.77. The predicted molar refractivity (Wildman–Crippen MR) is 152 cm³/mol. The molecule has 1 atom stereocenters. The Labute approximate surface area is 232 Å². The van der Waals surface area contributed by atoms with Crippen molar-refractivity contribution in [1.29, 1.82) is 0 Å². The largest absolute Gasteiger partial charge is 0.480 e. The number of carboxylic acid groups (broad SMARTS) is 1. The first-order chi connectivity index (χ1) is 17.4. The van der Waals surface area contributed by atoms with Gasteiger partial charge in [-0.15, -0.1) is 0 Å². The Balaban J connectivity index is 1.60. The standard InChI is InChI=1S/C26H30Cl2N2O5S2/c1-37(34,35)15-3-2-12-26(13-5-14-26)25(36)30-21(24(32)33)16-17-8-10-18(11-9-17)29-23(31)22-19(27)6-4-7-20(22)28/h4,6-11,21H,2-3,5,12-16H2,1H3,(H,29,31)(H,30,36)(H,32,33)/t21-/m0/s1. The monoisotopic (exact) mass is 584 g/mol. The maximum atomic E-state index is 12.6. The highest BCUT2D eigenvalue weighted by Crippen LogP contribution is 2.46. The van der Waals surface area contributed by atoms with Crippen molar-refractivity contribution in [2.24, 2.45) is 5.41 Å². The van der Waals surface area contributed by atoms with Gasteiger partial charge in [0, 0.05) is 29.5 Å². The zero-order chi connectivity index (χ0) is 27.2. The average molecular weight is 586 g/mol. The van der Waals surface area contributed by atoms with Crippen LogP contribution in [0.2, 0.25) is 10.0 Å². The fourth-order valence-electron chi connectivity index (χ4n) is 4.40. The topological polar surface area (TPSA) is 113 Å². The molecule has 11 heteroatoms. The summed E-state index contributed by atoms with van der Waals surface area (Å²) >= 11 is 17.9. The number of carbonyl (C=O) groups is 2. The lowest BCUT2D eigenvalue weighted by molar-refractivity contribution is -0.139. The third-order valence-electron chi connectivity index (χ3n) is 6.66. The molecule has 0 aliphatic heterocycles. The van der Waals surface area contributed by atoms with Crippen molar-refractivity contribution in [2.45, 2.75) is 51.0 Å². The molecule has 0 saturated heterocycles. The van der Waals surface area contributed by atoms with Crippen LogP contribution in [0.15, 0.2) is 42.5 Å². The van der Waals surface area contributed by atoms with Gasteiger partial charge in [-0.05, 0) is 55.5 Å². The normalized spacial score (nSPS) is 15.3. The fourth-order valence-corrected chi connectivity index (χ4v) is 6.15. The Morgan fingerprint density at radius 1 is 1.08 bits per heavy atom. The minimum Gasteiger partial charge on any atom is -0.480 e. The molecule has 3 N–H and O–H groups in total. The summed E-state index contributed by atoms with van der Waals surface area (Å²) in [4.78, 5) is 25.1.